The fourth-order valence-electron chi connectivity index (χ4n) is 4.70. The lowest BCUT2D eigenvalue weighted by Gasteiger charge is -2.26. The minimum atomic E-state index is -0.422. The first-order valence-electron chi connectivity index (χ1n) is 12.9. The highest BCUT2D eigenvalue weighted by atomic mass is 16.5. The Balaban J connectivity index is 1.29. The molecule has 0 radical (unpaired) electrons. The molecule has 8 nitrogen and oxygen atoms in total. The van der Waals surface area contributed by atoms with E-state index in [4.69, 9.17) is 15.5 Å². The maximum Gasteiger partial charge on any atom is 0.407 e. The van der Waals surface area contributed by atoms with Gasteiger partial charge in [0.25, 0.3) is 0 Å². The minimum Gasteiger partial charge on any atom is -0.448 e. The molecule has 1 saturated carbocycles. The van der Waals surface area contributed by atoms with Crippen LogP contribution in [-0.2, 0) is 17.8 Å². The molecule has 2 aromatic carbocycles. The van der Waals surface area contributed by atoms with Crippen LogP contribution in [0.15, 0.2) is 60.7 Å². The van der Waals surface area contributed by atoms with Gasteiger partial charge >= 0.3 is 6.09 Å². The van der Waals surface area contributed by atoms with E-state index in [1.807, 2.05) is 37.3 Å². The molecule has 2 heterocycles. The summed E-state index contributed by atoms with van der Waals surface area (Å²) in [4.78, 5) is 21.6. The predicted molar refractivity (Wildman–Crippen MR) is 147 cm³/mol. The normalized spacial score (nSPS) is 13.5. The first kappa shape index (κ1) is 24.8. The van der Waals surface area contributed by atoms with Crippen molar-refractivity contribution in [1.29, 1.82) is 0 Å². The molecule has 1 aliphatic rings. The number of benzene rings is 2. The topological polar surface area (TPSA) is 107 Å². The van der Waals surface area contributed by atoms with Gasteiger partial charge in [0, 0.05) is 37.5 Å². The van der Waals surface area contributed by atoms with Crippen LogP contribution in [-0.4, -0.2) is 40.3 Å². The van der Waals surface area contributed by atoms with Crippen molar-refractivity contribution < 1.29 is 9.53 Å². The zero-order chi connectivity index (χ0) is 25.8. The van der Waals surface area contributed by atoms with Gasteiger partial charge in [-0.05, 0) is 37.0 Å². The molecule has 37 heavy (non-hydrogen) atoms. The van der Waals surface area contributed by atoms with E-state index in [0.717, 1.165) is 63.8 Å². The molecule has 0 unspecified atom stereocenters. The van der Waals surface area contributed by atoms with Gasteiger partial charge in [0.05, 0.1) is 11.0 Å². The largest absolute Gasteiger partial charge is 0.448 e. The Morgan fingerprint density at radius 3 is 2.62 bits per heavy atom. The van der Waals surface area contributed by atoms with Crippen LogP contribution in [0.3, 0.4) is 0 Å². The van der Waals surface area contributed by atoms with Crippen LogP contribution in [0.1, 0.15) is 49.1 Å². The van der Waals surface area contributed by atoms with E-state index in [-0.39, 0.29) is 0 Å². The first-order valence-corrected chi connectivity index (χ1v) is 12.9. The number of amides is 1. The van der Waals surface area contributed by atoms with Gasteiger partial charge in [-0.1, -0.05) is 61.0 Å². The molecule has 4 aromatic rings. The van der Waals surface area contributed by atoms with Crippen molar-refractivity contribution >= 4 is 33.8 Å². The number of anilines is 1. The van der Waals surface area contributed by atoms with Crippen LogP contribution in [0, 0.1) is 0 Å². The Bertz CT molecular complexity index is 1420. The van der Waals surface area contributed by atoms with Crippen LogP contribution in [0.5, 0.6) is 0 Å². The SMILES string of the molecule is C=C(C)CNCCOC(=O)NCc1ccc(Cn2c(C3CCC3)nc3c(N)nc4ccccc4c32)cc1. The minimum absolute atomic E-state index is 0.314. The summed E-state index contributed by atoms with van der Waals surface area (Å²) in [7, 11) is 0. The van der Waals surface area contributed by atoms with E-state index in [1.54, 1.807) is 0 Å². The molecule has 0 spiro atoms. The van der Waals surface area contributed by atoms with Crippen LogP contribution < -0.4 is 16.4 Å². The number of pyridine rings is 1. The first-order chi connectivity index (χ1) is 18.0. The highest BCUT2D eigenvalue weighted by molar-refractivity contribution is 6.06. The van der Waals surface area contributed by atoms with Gasteiger partial charge in [-0.3, -0.25) is 0 Å². The second kappa shape index (κ2) is 11.0. The van der Waals surface area contributed by atoms with E-state index < -0.39 is 6.09 Å². The van der Waals surface area contributed by atoms with E-state index in [0.29, 0.717) is 38.0 Å². The second-order valence-electron chi connectivity index (χ2n) is 9.84. The van der Waals surface area contributed by atoms with Crippen molar-refractivity contribution in [1.82, 2.24) is 25.2 Å². The Morgan fingerprint density at radius 2 is 1.89 bits per heavy atom. The van der Waals surface area contributed by atoms with Gasteiger partial charge in [-0.2, -0.15) is 0 Å². The average molecular weight is 499 g/mol. The third kappa shape index (κ3) is 5.59. The summed E-state index contributed by atoms with van der Waals surface area (Å²) in [6, 6.07) is 16.4. The highest BCUT2D eigenvalue weighted by Crippen LogP contribution is 2.39. The number of nitrogens with two attached hydrogens (primary N) is 1. The fourth-order valence-corrected chi connectivity index (χ4v) is 4.70. The summed E-state index contributed by atoms with van der Waals surface area (Å²) in [5, 5.41) is 7.04. The van der Waals surface area contributed by atoms with Crippen molar-refractivity contribution in [2.75, 3.05) is 25.4 Å². The summed E-state index contributed by atoms with van der Waals surface area (Å²) < 4.78 is 7.53. The van der Waals surface area contributed by atoms with Gasteiger partial charge in [-0.15, -0.1) is 0 Å². The van der Waals surface area contributed by atoms with Crippen molar-refractivity contribution in [3.05, 3.63) is 77.6 Å². The molecular weight excluding hydrogens is 464 g/mol. The maximum absolute atomic E-state index is 12.0. The number of nitrogen functional groups attached to an aromatic ring is 1. The number of hydrogen-bond acceptors (Lipinski definition) is 6. The number of carbonyl (C=O) groups excluding carboxylic acids is 1. The zero-order valence-electron chi connectivity index (χ0n) is 21.3. The number of nitrogens with zero attached hydrogens (tertiary/aromatic N) is 3. The number of para-hydroxylation sites is 1. The molecule has 1 fully saturated rings. The van der Waals surface area contributed by atoms with Crippen molar-refractivity contribution in [3.8, 4) is 0 Å². The molecule has 1 aliphatic carbocycles. The molecule has 192 valence electrons. The molecule has 0 bridgehead atoms. The Labute approximate surface area is 216 Å². The smallest absolute Gasteiger partial charge is 0.407 e. The standard InChI is InChI=1S/C29H34N6O2/c1-19(2)16-31-14-15-37-29(36)32-17-20-10-12-21(13-11-20)18-35-26-23-8-3-4-9-24(23)33-27(30)25(26)34-28(35)22-6-5-7-22/h3-4,8-13,22,31H,1,5-7,14-18H2,2H3,(H2,30,33)(H,32,36). The number of fused-ring (bicyclic) bond motifs is 3. The monoisotopic (exact) mass is 498 g/mol. The molecular formula is C29H34N6O2. The number of rotatable bonds is 10. The Hall–Kier alpha value is -3.91. The second-order valence-corrected chi connectivity index (χ2v) is 9.84. The number of carbonyl (C=O) groups is 1. The van der Waals surface area contributed by atoms with E-state index in [1.165, 1.54) is 6.42 Å². The summed E-state index contributed by atoms with van der Waals surface area (Å²) in [6.45, 7) is 8.51. The number of hydrogen-bond donors (Lipinski definition) is 3. The molecule has 1 amide bonds. The number of aromatic nitrogens is 3. The third-order valence-electron chi connectivity index (χ3n) is 6.85. The average Bonchev–Trinajstić information content (AvgIpc) is 3.21. The third-order valence-corrected chi connectivity index (χ3v) is 6.85. The van der Waals surface area contributed by atoms with Gasteiger partial charge in [-0.25, -0.2) is 14.8 Å². The quantitative estimate of drug-likeness (QED) is 0.213. The lowest BCUT2D eigenvalue weighted by molar-refractivity contribution is 0.146. The van der Waals surface area contributed by atoms with Gasteiger partial charge < -0.3 is 25.7 Å². The van der Waals surface area contributed by atoms with Crippen molar-refractivity contribution in [3.63, 3.8) is 0 Å². The number of ether oxygens (including phenoxy) is 1. The maximum atomic E-state index is 12.0. The van der Waals surface area contributed by atoms with Crippen LogP contribution in [0.25, 0.3) is 21.9 Å². The highest BCUT2D eigenvalue weighted by Gasteiger charge is 2.27. The van der Waals surface area contributed by atoms with Crippen LogP contribution in [0.2, 0.25) is 0 Å². The lowest BCUT2D eigenvalue weighted by Crippen LogP contribution is -2.28. The summed E-state index contributed by atoms with van der Waals surface area (Å²) in [5.74, 6) is 2.03. The number of imidazole rings is 1. The summed E-state index contributed by atoms with van der Waals surface area (Å²) in [5.41, 5.74) is 12.3. The number of nitrogens with one attached hydrogen (secondary N) is 2. The molecule has 4 N–H and O–H groups in total. The van der Waals surface area contributed by atoms with Gasteiger partial charge in [0.2, 0.25) is 0 Å². The van der Waals surface area contributed by atoms with Crippen LogP contribution >= 0.6 is 0 Å². The number of alkyl carbamates (subject to hydrolysis) is 1. The van der Waals surface area contributed by atoms with Gasteiger partial charge in [0.15, 0.2) is 5.82 Å². The summed E-state index contributed by atoms with van der Waals surface area (Å²) >= 11 is 0. The van der Waals surface area contributed by atoms with Crippen molar-refractivity contribution in [2.45, 2.75) is 45.2 Å². The molecule has 8 heteroatoms. The van der Waals surface area contributed by atoms with Crippen LogP contribution in [0.4, 0.5) is 10.6 Å². The molecule has 0 aliphatic heterocycles. The summed E-state index contributed by atoms with van der Waals surface area (Å²) in [6.07, 6.45) is 3.12. The fraction of sp³-hybridized carbons (Fsp3) is 0.345. The van der Waals surface area contributed by atoms with Gasteiger partial charge in [0.1, 0.15) is 17.9 Å². The van der Waals surface area contributed by atoms with E-state index >= 15 is 0 Å². The zero-order valence-corrected chi connectivity index (χ0v) is 21.3. The Kier molecular flexibility index (Phi) is 7.37. The lowest BCUT2D eigenvalue weighted by atomic mass is 9.85. The Morgan fingerprint density at radius 1 is 1.14 bits per heavy atom. The molecule has 2 aromatic heterocycles. The van der Waals surface area contributed by atoms with E-state index in [2.05, 4.69) is 45.0 Å². The predicted octanol–water partition coefficient (Wildman–Crippen LogP) is 4.87. The molecule has 5 rings (SSSR count). The van der Waals surface area contributed by atoms with Crippen molar-refractivity contribution in [2.24, 2.45) is 0 Å². The molecule has 0 atom stereocenters. The molecule has 0 saturated heterocycles. The van der Waals surface area contributed by atoms with E-state index in [9.17, 15) is 4.79 Å².